The van der Waals surface area contributed by atoms with E-state index in [9.17, 15) is 4.79 Å². The average Bonchev–Trinajstić information content (AvgIpc) is 3.06. The van der Waals surface area contributed by atoms with Gasteiger partial charge in [0.25, 0.3) is 5.91 Å². The van der Waals surface area contributed by atoms with E-state index in [1.54, 1.807) is 24.5 Å². The number of aromatic nitrogens is 2. The summed E-state index contributed by atoms with van der Waals surface area (Å²) in [5, 5.41) is 3.06. The van der Waals surface area contributed by atoms with Crippen molar-refractivity contribution in [1.82, 2.24) is 20.2 Å². The molecule has 0 spiro atoms. The number of rotatable bonds is 6. The van der Waals surface area contributed by atoms with Crippen molar-refractivity contribution in [3.63, 3.8) is 0 Å². The van der Waals surface area contributed by atoms with E-state index >= 15 is 0 Å². The molecule has 0 aromatic carbocycles. The van der Waals surface area contributed by atoms with Crippen molar-refractivity contribution in [1.29, 1.82) is 0 Å². The minimum Gasteiger partial charge on any atom is -0.440 e. The molecule has 3 rings (SSSR count). The second-order valence-corrected chi connectivity index (χ2v) is 5.96. The first kappa shape index (κ1) is 16.7. The van der Waals surface area contributed by atoms with E-state index in [4.69, 9.17) is 16.0 Å². The lowest BCUT2D eigenvalue weighted by molar-refractivity contribution is 0.0924. The third-order valence-corrected chi connectivity index (χ3v) is 4.14. The molecule has 1 N–H and O–H groups in total. The maximum absolute atomic E-state index is 11.8. The van der Waals surface area contributed by atoms with Crippen LogP contribution in [0.5, 0.6) is 0 Å². The van der Waals surface area contributed by atoms with Gasteiger partial charge in [0.1, 0.15) is 0 Å². The molecule has 1 aliphatic heterocycles. The Kier molecular flexibility index (Phi) is 5.66. The van der Waals surface area contributed by atoms with Crippen LogP contribution in [-0.2, 0) is 0 Å². The van der Waals surface area contributed by atoms with E-state index in [0.717, 1.165) is 45.1 Å². The molecule has 8 heteroatoms. The van der Waals surface area contributed by atoms with Crippen LogP contribution < -0.4 is 10.2 Å². The van der Waals surface area contributed by atoms with Crippen molar-refractivity contribution in [2.75, 3.05) is 44.2 Å². The van der Waals surface area contributed by atoms with Crippen LogP contribution in [0.4, 0.5) is 5.95 Å². The molecule has 2 aromatic heterocycles. The highest BCUT2D eigenvalue weighted by atomic mass is 35.5. The van der Waals surface area contributed by atoms with E-state index in [2.05, 4.69) is 25.1 Å². The second-order valence-electron chi connectivity index (χ2n) is 5.59. The fourth-order valence-electron chi connectivity index (χ4n) is 2.65. The maximum Gasteiger partial charge on any atom is 0.287 e. The smallest absolute Gasteiger partial charge is 0.287 e. The summed E-state index contributed by atoms with van der Waals surface area (Å²) in [6, 6.07) is 4.96. The lowest BCUT2D eigenvalue weighted by Gasteiger charge is -2.34. The Balaban J connectivity index is 1.33. The summed E-state index contributed by atoms with van der Waals surface area (Å²) in [4.78, 5) is 25.0. The number of anilines is 1. The topological polar surface area (TPSA) is 74.5 Å². The Morgan fingerprint density at radius 1 is 1.21 bits per heavy atom. The number of hydrogen-bond acceptors (Lipinski definition) is 6. The summed E-state index contributed by atoms with van der Waals surface area (Å²) >= 11 is 5.66. The number of nitrogens with one attached hydrogen (secondary N) is 1. The van der Waals surface area contributed by atoms with Crippen LogP contribution in [0, 0.1) is 0 Å². The van der Waals surface area contributed by atoms with Crippen LogP contribution in [0.25, 0.3) is 0 Å². The summed E-state index contributed by atoms with van der Waals surface area (Å²) in [5.41, 5.74) is 0. The van der Waals surface area contributed by atoms with Gasteiger partial charge in [-0.3, -0.25) is 9.69 Å². The Bertz CT molecular complexity index is 655. The van der Waals surface area contributed by atoms with Gasteiger partial charge in [0.15, 0.2) is 11.0 Å². The predicted molar refractivity (Wildman–Crippen MR) is 91.4 cm³/mol. The van der Waals surface area contributed by atoms with Crippen molar-refractivity contribution in [3.05, 3.63) is 41.6 Å². The highest BCUT2D eigenvalue weighted by molar-refractivity contribution is 6.29. The van der Waals surface area contributed by atoms with Gasteiger partial charge in [-0.25, -0.2) is 9.97 Å². The molecule has 0 radical (unpaired) electrons. The van der Waals surface area contributed by atoms with Crippen molar-refractivity contribution < 1.29 is 9.21 Å². The van der Waals surface area contributed by atoms with E-state index < -0.39 is 0 Å². The first-order valence-corrected chi connectivity index (χ1v) is 8.38. The lowest BCUT2D eigenvalue weighted by atomic mass is 10.3. The quantitative estimate of drug-likeness (QED) is 0.799. The SMILES string of the molecule is O=C(NCCCN1CCN(c2ncccn2)CC1)c1ccc(Cl)o1. The summed E-state index contributed by atoms with van der Waals surface area (Å²) in [6.07, 6.45) is 4.43. The lowest BCUT2D eigenvalue weighted by Crippen LogP contribution is -2.47. The van der Waals surface area contributed by atoms with Gasteiger partial charge in [-0.2, -0.15) is 0 Å². The van der Waals surface area contributed by atoms with Gasteiger partial charge in [0.2, 0.25) is 5.95 Å². The zero-order chi connectivity index (χ0) is 16.8. The number of piperazine rings is 1. The number of nitrogens with zero attached hydrogens (tertiary/aromatic N) is 4. The summed E-state index contributed by atoms with van der Waals surface area (Å²) in [7, 11) is 0. The van der Waals surface area contributed by atoms with Crippen LogP contribution in [-0.4, -0.2) is 60.0 Å². The molecular weight excluding hydrogens is 330 g/mol. The van der Waals surface area contributed by atoms with Crippen molar-refractivity contribution >= 4 is 23.5 Å². The largest absolute Gasteiger partial charge is 0.440 e. The maximum atomic E-state index is 11.8. The zero-order valence-corrected chi connectivity index (χ0v) is 14.1. The number of amides is 1. The molecule has 2 aromatic rings. The molecule has 0 aliphatic carbocycles. The van der Waals surface area contributed by atoms with Crippen LogP contribution in [0.15, 0.2) is 35.0 Å². The van der Waals surface area contributed by atoms with Gasteiger partial charge in [0, 0.05) is 45.1 Å². The van der Waals surface area contributed by atoms with Gasteiger partial charge < -0.3 is 14.6 Å². The summed E-state index contributed by atoms with van der Waals surface area (Å²) in [6.45, 7) is 5.34. The monoisotopic (exact) mass is 349 g/mol. The molecule has 0 atom stereocenters. The first-order chi connectivity index (χ1) is 11.7. The minimum atomic E-state index is -0.229. The third kappa shape index (κ3) is 4.46. The van der Waals surface area contributed by atoms with Gasteiger partial charge >= 0.3 is 0 Å². The summed E-state index contributed by atoms with van der Waals surface area (Å²) < 4.78 is 5.07. The predicted octanol–water partition coefficient (Wildman–Crippen LogP) is 1.67. The van der Waals surface area contributed by atoms with Crippen LogP contribution in [0.3, 0.4) is 0 Å². The van der Waals surface area contributed by atoms with Crippen LogP contribution in [0.1, 0.15) is 17.0 Å². The van der Waals surface area contributed by atoms with E-state index in [1.165, 1.54) is 0 Å². The van der Waals surface area contributed by atoms with E-state index in [0.29, 0.717) is 6.54 Å². The molecule has 0 unspecified atom stereocenters. The van der Waals surface area contributed by atoms with Crippen LogP contribution >= 0.6 is 11.6 Å². The number of halogens is 1. The van der Waals surface area contributed by atoms with Gasteiger partial charge in [-0.05, 0) is 42.8 Å². The summed E-state index contributed by atoms with van der Waals surface area (Å²) in [5.74, 6) is 0.811. The molecule has 1 saturated heterocycles. The van der Waals surface area contributed by atoms with E-state index in [1.807, 2.05) is 6.07 Å². The molecular formula is C16H20ClN5O2. The molecule has 1 fully saturated rings. The Morgan fingerprint density at radius 3 is 2.62 bits per heavy atom. The molecule has 0 bridgehead atoms. The van der Waals surface area contributed by atoms with Crippen molar-refractivity contribution in [2.24, 2.45) is 0 Å². The molecule has 7 nitrogen and oxygen atoms in total. The fourth-order valence-corrected chi connectivity index (χ4v) is 2.80. The Hall–Kier alpha value is -2.12. The zero-order valence-electron chi connectivity index (χ0n) is 13.3. The minimum absolute atomic E-state index is 0.223. The van der Waals surface area contributed by atoms with Crippen molar-refractivity contribution in [2.45, 2.75) is 6.42 Å². The molecule has 0 saturated carbocycles. The van der Waals surface area contributed by atoms with Gasteiger partial charge in [0.05, 0.1) is 0 Å². The first-order valence-electron chi connectivity index (χ1n) is 8.00. The van der Waals surface area contributed by atoms with Crippen LogP contribution in [0.2, 0.25) is 5.22 Å². The number of furan rings is 1. The number of carbonyl (C=O) groups is 1. The standard InChI is InChI=1S/C16H20ClN5O2/c17-14-4-3-13(24-14)15(23)18-7-2-8-21-9-11-22(12-10-21)16-19-5-1-6-20-16/h1,3-6H,2,7-12H2,(H,18,23). The molecule has 24 heavy (non-hydrogen) atoms. The fraction of sp³-hybridized carbons (Fsp3) is 0.438. The number of hydrogen-bond donors (Lipinski definition) is 1. The second kappa shape index (κ2) is 8.12. The van der Waals surface area contributed by atoms with Gasteiger partial charge in [-0.15, -0.1) is 0 Å². The molecule has 128 valence electrons. The van der Waals surface area contributed by atoms with Gasteiger partial charge in [-0.1, -0.05) is 0 Å². The highest BCUT2D eigenvalue weighted by Crippen LogP contribution is 2.13. The normalized spacial score (nSPS) is 15.5. The molecule has 1 amide bonds. The van der Waals surface area contributed by atoms with E-state index in [-0.39, 0.29) is 16.9 Å². The Morgan fingerprint density at radius 2 is 1.96 bits per heavy atom. The Labute approximate surface area is 145 Å². The third-order valence-electron chi connectivity index (χ3n) is 3.94. The molecule has 1 aliphatic rings. The van der Waals surface area contributed by atoms with Crippen molar-refractivity contribution in [3.8, 4) is 0 Å². The highest BCUT2D eigenvalue weighted by Gasteiger charge is 2.18. The average molecular weight is 350 g/mol. The number of carbonyl (C=O) groups excluding carboxylic acids is 1. The molecule has 3 heterocycles.